The molecule has 0 radical (unpaired) electrons. The molecule has 3 aromatic heterocycles. The molecule has 0 N–H and O–H groups in total. The van der Waals surface area contributed by atoms with Crippen LogP contribution in [0.3, 0.4) is 0 Å². The Kier molecular flexibility index (Phi) is 3.36. The Morgan fingerprint density at radius 3 is 2.81 bits per heavy atom. The van der Waals surface area contributed by atoms with Gasteiger partial charge in [-0.15, -0.1) is 11.3 Å². The Morgan fingerprint density at radius 1 is 1.43 bits per heavy atom. The van der Waals surface area contributed by atoms with Crippen LogP contribution in [0.2, 0.25) is 0 Å². The highest BCUT2D eigenvalue weighted by Crippen LogP contribution is 2.21. The lowest BCUT2D eigenvalue weighted by molar-refractivity contribution is 0.600. The van der Waals surface area contributed by atoms with Gasteiger partial charge in [0.1, 0.15) is 10.5 Å². The molecule has 6 nitrogen and oxygen atoms in total. The molecule has 3 heterocycles. The van der Waals surface area contributed by atoms with E-state index in [4.69, 9.17) is 0 Å². The van der Waals surface area contributed by atoms with Crippen molar-refractivity contribution in [3.05, 3.63) is 38.5 Å². The van der Waals surface area contributed by atoms with Gasteiger partial charge in [0, 0.05) is 18.1 Å². The molecule has 0 aliphatic carbocycles. The third kappa shape index (κ3) is 2.17. The second-order valence-electron chi connectivity index (χ2n) is 5.08. The summed E-state index contributed by atoms with van der Waals surface area (Å²) in [5.41, 5.74) is 3.00. The molecule has 0 saturated carbocycles. The SMILES string of the molecule is CCc1nn(C)c2c(=O)n(C(C)c3nc(C)cs3)cnc12. The van der Waals surface area contributed by atoms with Crippen molar-refractivity contribution in [1.82, 2.24) is 24.3 Å². The normalized spacial score (nSPS) is 13.0. The van der Waals surface area contributed by atoms with Crippen LogP contribution < -0.4 is 5.56 Å². The van der Waals surface area contributed by atoms with Crippen LogP contribution in [0.1, 0.15) is 36.3 Å². The summed E-state index contributed by atoms with van der Waals surface area (Å²) in [5, 5.41) is 7.27. The van der Waals surface area contributed by atoms with Gasteiger partial charge in [-0.25, -0.2) is 9.97 Å². The first-order valence-electron chi connectivity index (χ1n) is 6.87. The highest BCUT2D eigenvalue weighted by Gasteiger charge is 2.18. The molecular formula is C14H17N5OS. The van der Waals surface area contributed by atoms with E-state index in [2.05, 4.69) is 15.1 Å². The van der Waals surface area contributed by atoms with E-state index in [0.29, 0.717) is 11.0 Å². The molecule has 0 aliphatic heterocycles. The fraction of sp³-hybridized carbons (Fsp3) is 0.429. The number of hydrogen-bond acceptors (Lipinski definition) is 5. The lowest BCUT2D eigenvalue weighted by atomic mass is 10.3. The van der Waals surface area contributed by atoms with Gasteiger partial charge in [-0.3, -0.25) is 14.0 Å². The van der Waals surface area contributed by atoms with Crippen molar-refractivity contribution in [3.8, 4) is 0 Å². The smallest absolute Gasteiger partial charge is 0.280 e. The summed E-state index contributed by atoms with van der Waals surface area (Å²) in [6.45, 7) is 5.92. The van der Waals surface area contributed by atoms with E-state index in [1.807, 2.05) is 26.2 Å². The second kappa shape index (κ2) is 5.07. The topological polar surface area (TPSA) is 65.6 Å². The van der Waals surface area contributed by atoms with Crippen molar-refractivity contribution < 1.29 is 0 Å². The van der Waals surface area contributed by atoms with E-state index >= 15 is 0 Å². The largest absolute Gasteiger partial charge is 0.288 e. The maximum absolute atomic E-state index is 12.7. The number of rotatable bonds is 3. The molecule has 110 valence electrons. The van der Waals surface area contributed by atoms with Gasteiger partial charge in [-0.2, -0.15) is 5.10 Å². The van der Waals surface area contributed by atoms with Crippen molar-refractivity contribution in [1.29, 1.82) is 0 Å². The molecule has 3 rings (SSSR count). The molecule has 1 unspecified atom stereocenters. The Bertz CT molecular complexity index is 860. The minimum Gasteiger partial charge on any atom is -0.288 e. The van der Waals surface area contributed by atoms with E-state index in [9.17, 15) is 4.79 Å². The first kappa shape index (κ1) is 13.9. The molecular weight excluding hydrogens is 286 g/mol. The minimum atomic E-state index is -0.131. The zero-order valence-electron chi connectivity index (χ0n) is 12.5. The van der Waals surface area contributed by atoms with Gasteiger partial charge in [0.05, 0.1) is 18.1 Å². The van der Waals surface area contributed by atoms with Crippen molar-refractivity contribution in [2.24, 2.45) is 7.05 Å². The lowest BCUT2D eigenvalue weighted by Crippen LogP contribution is -2.25. The second-order valence-corrected chi connectivity index (χ2v) is 5.97. The predicted octanol–water partition coefficient (Wildman–Crippen LogP) is 2.07. The van der Waals surface area contributed by atoms with Gasteiger partial charge in [0.2, 0.25) is 0 Å². The summed E-state index contributed by atoms with van der Waals surface area (Å²) in [5.74, 6) is 0. The lowest BCUT2D eigenvalue weighted by Gasteiger charge is -2.12. The average molecular weight is 303 g/mol. The monoisotopic (exact) mass is 303 g/mol. The zero-order valence-corrected chi connectivity index (χ0v) is 13.3. The van der Waals surface area contributed by atoms with Gasteiger partial charge in [-0.1, -0.05) is 6.92 Å². The van der Waals surface area contributed by atoms with Gasteiger partial charge < -0.3 is 0 Å². The number of nitrogens with zero attached hydrogens (tertiary/aromatic N) is 5. The molecule has 0 bridgehead atoms. The number of thiazole rings is 1. The Balaban J connectivity index is 2.18. The summed E-state index contributed by atoms with van der Waals surface area (Å²) >= 11 is 1.56. The molecule has 0 aliphatic rings. The first-order valence-corrected chi connectivity index (χ1v) is 7.75. The van der Waals surface area contributed by atoms with Crippen LogP contribution in [0.15, 0.2) is 16.5 Å². The summed E-state index contributed by atoms with van der Waals surface area (Å²) in [4.78, 5) is 21.6. The zero-order chi connectivity index (χ0) is 15.1. The number of aryl methyl sites for hydroxylation is 3. The Labute approximate surface area is 126 Å². The van der Waals surface area contributed by atoms with Crippen molar-refractivity contribution in [3.63, 3.8) is 0 Å². The van der Waals surface area contributed by atoms with Crippen molar-refractivity contribution in [2.75, 3.05) is 0 Å². The van der Waals surface area contributed by atoms with Crippen LogP contribution in [0.5, 0.6) is 0 Å². The Morgan fingerprint density at radius 2 is 2.19 bits per heavy atom. The molecule has 0 amide bonds. The number of aromatic nitrogens is 5. The number of hydrogen-bond donors (Lipinski definition) is 0. The molecule has 1 atom stereocenters. The highest BCUT2D eigenvalue weighted by atomic mass is 32.1. The van der Waals surface area contributed by atoms with E-state index in [1.54, 1.807) is 34.0 Å². The molecule has 0 aromatic carbocycles. The molecule has 21 heavy (non-hydrogen) atoms. The van der Waals surface area contributed by atoms with Crippen LogP contribution in [0.4, 0.5) is 0 Å². The van der Waals surface area contributed by atoms with Crippen LogP contribution in [0.25, 0.3) is 11.0 Å². The van der Waals surface area contributed by atoms with Crippen LogP contribution >= 0.6 is 11.3 Å². The van der Waals surface area contributed by atoms with E-state index in [1.165, 1.54) is 0 Å². The molecule has 0 saturated heterocycles. The summed E-state index contributed by atoms with van der Waals surface area (Å²) in [7, 11) is 1.78. The fourth-order valence-electron chi connectivity index (χ4n) is 2.44. The van der Waals surface area contributed by atoms with E-state index in [0.717, 1.165) is 22.8 Å². The average Bonchev–Trinajstić information content (AvgIpc) is 3.03. The highest BCUT2D eigenvalue weighted by molar-refractivity contribution is 7.09. The first-order chi connectivity index (χ1) is 10.0. The standard InChI is InChI=1S/C14H17N5OS/c1-5-10-11-12(18(4)17-10)14(20)19(7-15-11)9(3)13-16-8(2)6-21-13/h6-7,9H,5H2,1-4H3. The van der Waals surface area contributed by atoms with Crippen LogP contribution in [0, 0.1) is 6.92 Å². The van der Waals surface area contributed by atoms with E-state index < -0.39 is 0 Å². The third-order valence-electron chi connectivity index (χ3n) is 3.59. The quantitative estimate of drug-likeness (QED) is 0.743. The minimum absolute atomic E-state index is 0.0740. The molecule has 0 spiro atoms. The Hall–Kier alpha value is -2.02. The van der Waals surface area contributed by atoms with E-state index in [-0.39, 0.29) is 11.6 Å². The fourth-order valence-corrected chi connectivity index (χ4v) is 3.29. The number of fused-ring (bicyclic) bond motifs is 1. The van der Waals surface area contributed by atoms with Gasteiger partial charge in [0.25, 0.3) is 5.56 Å². The molecule has 3 aromatic rings. The maximum atomic E-state index is 12.7. The van der Waals surface area contributed by atoms with Crippen molar-refractivity contribution >= 4 is 22.4 Å². The third-order valence-corrected chi connectivity index (χ3v) is 4.72. The molecule has 7 heteroatoms. The summed E-state index contributed by atoms with van der Waals surface area (Å²) in [6.07, 6.45) is 2.36. The van der Waals surface area contributed by atoms with Crippen molar-refractivity contribution in [2.45, 2.75) is 33.2 Å². The summed E-state index contributed by atoms with van der Waals surface area (Å²) in [6, 6.07) is -0.131. The van der Waals surface area contributed by atoms with Gasteiger partial charge in [0.15, 0.2) is 5.52 Å². The van der Waals surface area contributed by atoms with Gasteiger partial charge >= 0.3 is 0 Å². The van der Waals surface area contributed by atoms with Crippen LogP contribution in [-0.2, 0) is 13.5 Å². The van der Waals surface area contributed by atoms with Gasteiger partial charge in [-0.05, 0) is 20.3 Å². The summed E-state index contributed by atoms with van der Waals surface area (Å²) < 4.78 is 3.25. The van der Waals surface area contributed by atoms with Crippen LogP contribution in [-0.4, -0.2) is 24.3 Å². The maximum Gasteiger partial charge on any atom is 0.280 e. The predicted molar refractivity (Wildman–Crippen MR) is 82.8 cm³/mol. The molecule has 0 fully saturated rings.